The number of hydrogen-bond acceptors (Lipinski definition) is 3. The second kappa shape index (κ2) is 7.59. The number of carbonyl (C=O) groups is 1. The molecule has 0 aliphatic rings. The van der Waals surface area contributed by atoms with Crippen molar-refractivity contribution in [2.75, 3.05) is 6.61 Å². The summed E-state index contributed by atoms with van der Waals surface area (Å²) in [5.74, 6) is -0.224. The normalized spacial score (nSPS) is 11.9. The zero-order valence-corrected chi connectivity index (χ0v) is 13.2. The fourth-order valence-corrected chi connectivity index (χ4v) is 2.42. The van der Waals surface area contributed by atoms with E-state index in [1.807, 2.05) is 54.9 Å². The average Bonchev–Trinajstić information content (AvgIpc) is 2.83. The smallest absolute Gasteiger partial charge is 0.306 e. The Balaban J connectivity index is 1.82. The van der Waals surface area contributed by atoms with Crippen molar-refractivity contribution in [2.45, 2.75) is 32.7 Å². The van der Waals surface area contributed by atoms with Crippen LogP contribution in [-0.4, -0.2) is 22.4 Å². The predicted octanol–water partition coefficient (Wildman–Crippen LogP) is 3.40. The quantitative estimate of drug-likeness (QED) is 0.581. The van der Waals surface area contributed by atoms with E-state index < -0.39 is 0 Å². The molecule has 116 valence electrons. The van der Waals surface area contributed by atoms with Crippen molar-refractivity contribution in [2.24, 2.45) is 0 Å². The molecule has 1 aromatic carbocycles. The molecular formula is C18H22N2O2. The summed E-state index contributed by atoms with van der Waals surface area (Å²) in [6, 6.07) is 11.9. The summed E-state index contributed by atoms with van der Waals surface area (Å²) in [6.07, 6.45) is 2.10. The van der Waals surface area contributed by atoms with Crippen LogP contribution in [0.3, 0.4) is 0 Å². The van der Waals surface area contributed by atoms with Gasteiger partial charge in [0.05, 0.1) is 18.7 Å². The first-order valence-electron chi connectivity index (χ1n) is 7.44. The molecule has 0 saturated carbocycles. The maximum Gasteiger partial charge on any atom is 0.306 e. The van der Waals surface area contributed by atoms with Crippen LogP contribution >= 0.6 is 0 Å². The van der Waals surface area contributed by atoms with Gasteiger partial charge in [0.1, 0.15) is 6.61 Å². The fourth-order valence-electron chi connectivity index (χ4n) is 2.42. The lowest BCUT2D eigenvalue weighted by molar-refractivity contribution is -0.144. The number of allylic oxidation sites excluding steroid dienone is 1. The first-order chi connectivity index (χ1) is 10.6. The molecule has 0 saturated heterocycles. The number of nitrogens with zero attached hydrogens (tertiary/aromatic N) is 2. The molecule has 0 fully saturated rings. The van der Waals surface area contributed by atoms with E-state index in [1.54, 1.807) is 6.08 Å². The van der Waals surface area contributed by atoms with Gasteiger partial charge < -0.3 is 4.74 Å². The van der Waals surface area contributed by atoms with E-state index in [-0.39, 0.29) is 11.9 Å². The van der Waals surface area contributed by atoms with Gasteiger partial charge in [-0.3, -0.25) is 9.48 Å². The van der Waals surface area contributed by atoms with Gasteiger partial charge in [-0.15, -0.1) is 6.58 Å². The summed E-state index contributed by atoms with van der Waals surface area (Å²) < 4.78 is 7.17. The minimum Gasteiger partial charge on any atom is -0.464 e. The van der Waals surface area contributed by atoms with Crippen molar-refractivity contribution in [3.05, 3.63) is 66.0 Å². The number of hydrogen-bond donors (Lipinski definition) is 0. The Kier molecular flexibility index (Phi) is 5.53. The van der Waals surface area contributed by atoms with Gasteiger partial charge >= 0.3 is 5.97 Å². The fraction of sp³-hybridized carbons (Fsp3) is 0.333. The second-order valence-corrected chi connectivity index (χ2v) is 5.33. The lowest BCUT2D eigenvalue weighted by Gasteiger charge is -2.12. The third-order valence-electron chi connectivity index (χ3n) is 3.57. The monoisotopic (exact) mass is 298 g/mol. The van der Waals surface area contributed by atoms with Crippen LogP contribution in [0.15, 0.2) is 49.1 Å². The van der Waals surface area contributed by atoms with E-state index in [2.05, 4.69) is 11.7 Å². The molecule has 0 radical (unpaired) electrons. The van der Waals surface area contributed by atoms with Gasteiger partial charge in [0.25, 0.3) is 0 Å². The van der Waals surface area contributed by atoms with Crippen LogP contribution in [0.4, 0.5) is 0 Å². The van der Waals surface area contributed by atoms with E-state index in [0.29, 0.717) is 19.6 Å². The molecule has 4 heteroatoms. The van der Waals surface area contributed by atoms with Crippen molar-refractivity contribution in [1.82, 2.24) is 9.78 Å². The van der Waals surface area contributed by atoms with Crippen LogP contribution < -0.4 is 0 Å². The number of benzene rings is 1. The second-order valence-electron chi connectivity index (χ2n) is 5.33. The standard InChI is InChI=1S/C18H22N2O2/c1-4-16(17-8-6-5-7-9-17)13-18(21)22-11-10-20-15(3)12-14(2)19-20/h4-9,12,16H,1,10-11,13H2,2-3H3. The SMILES string of the molecule is C=CC(CC(=O)OCCn1nc(C)cc1C)c1ccccc1. The number of rotatable bonds is 7. The largest absolute Gasteiger partial charge is 0.464 e. The third kappa shape index (κ3) is 4.32. The average molecular weight is 298 g/mol. The number of carbonyl (C=O) groups excluding carboxylic acids is 1. The summed E-state index contributed by atoms with van der Waals surface area (Å²) >= 11 is 0. The highest BCUT2D eigenvalue weighted by Gasteiger charge is 2.13. The lowest BCUT2D eigenvalue weighted by atomic mass is 9.96. The number of ether oxygens (including phenoxy) is 1. The Morgan fingerprint density at radius 2 is 2.09 bits per heavy atom. The van der Waals surface area contributed by atoms with E-state index in [0.717, 1.165) is 17.0 Å². The van der Waals surface area contributed by atoms with Crippen LogP contribution in [0.25, 0.3) is 0 Å². The first kappa shape index (κ1) is 16.0. The van der Waals surface area contributed by atoms with Crippen molar-refractivity contribution < 1.29 is 9.53 Å². The van der Waals surface area contributed by atoms with Crippen LogP contribution in [-0.2, 0) is 16.1 Å². The van der Waals surface area contributed by atoms with E-state index in [9.17, 15) is 4.79 Å². The summed E-state index contributed by atoms with van der Waals surface area (Å²) in [5, 5.41) is 4.34. The molecule has 2 rings (SSSR count). The number of esters is 1. The minimum atomic E-state index is -0.213. The van der Waals surface area contributed by atoms with Gasteiger partial charge in [-0.1, -0.05) is 36.4 Å². The molecule has 22 heavy (non-hydrogen) atoms. The Labute approximate surface area is 131 Å². The number of aryl methyl sites for hydroxylation is 2. The van der Waals surface area contributed by atoms with Crippen LogP contribution in [0.1, 0.15) is 29.3 Å². The minimum absolute atomic E-state index is 0.0117. The molecule has 1 atom stereocenters. The Hall–Kier alpha value is -2.36. The number of aromatic nitrogens is 2. The van der Waals surface area contributed by atoms with Gasteiger partial charge in [0.15, 0.2) is 0 Å². The van der Waals surface area contributed by atoms with E-state index in [4.69, 9.17) is 4.74 Å². The molecule has 0 amide bonds. The summed E-state index contributed by atoms with van der Waals surface area (Å²) in [4.78, 5) is 12.0. The van der Waals surface area contributed by atoms with Crippen molar-refractivity contribution in [3.63, 3.8) is 0 Å². The predicted molar refractivity (Wildman–Crippen MR) is 86.7 cm³/mol. The van der Waals surface area contributed by atoms with Crippen LogP contribution in [0.2, 0.25) is 0 Å². The highest BCUT2D eigenvalue weighted by molar-refractivity contribution is 5.71. The van der Waals surface area contributed by atoms with Gasteiger partial charge in [0, 0.05) is 11.6 Å². The first-order valence-corrected chi connectivity index (χ1v) is 7.44. The Morgan fingerprint density at radius 3 is 2.68 bits per heavy atom. The molecule has 2 aromatic rings. The van der Waals surface area contributed by atoms with Gasteiger partial charge in [-0.25, -0.2) is 0 Å². The van der Waals surface area contributed by atoms with Gasteiger partial charge in [0.2, 0.25) is 0 Å². The summed E-state index contributed by atoms with van der Waals surface area (Å²) in [7, 11) is 0. The highest BCUT2D eigenvalue weighted by atomic mass is 16.5. The molecular weight excluding hydrogens is 276 g/mol. The lowest BCUT2D eigenvalue weighted by Crippen LogP contribution is -2.14. The van der Waals surface area contributed by atoms with E-state index >= 15 is 0 Å². The molecule has 1 heterocycles. The molecule has 1 unspecified atom stereocenters. The van der Waals surface area contributed by atoms with Crippen molar-refractivity contribution >= 4 is 5.97 Å². The zero-order valence-electron chi connectivity index (χ0n) is 13.2. The summed E-state index contributed by atoms with van der Waals surface area (Å²) in [5.41, 5.74) is 3.12. The molecule has 4 nitrogen and oxygen atoms in total. The molecule has 0 bridgehead atoms. The molecule has 0 aliphatic carbocycles. The maximum atomic E-state index is 12.0. The Morgan fingerprint density at radius 1 is 1.36 bits per heavy atom. The molecule has 0 spiro atoms. The summed E-state index contributed by atoms with van der Waals surface area (Å²) in [6.45, 7) is 8.66. The molecule has 1 aromatic heterocycles. The van der Waals surface area contributed by atoms with Crippen LogP contribution in [0, 0.1) is 13.8 Å². The van der Waals surface area contributed by atoms with E-state index in [1.165, 1.54) is 0 Å². The van der Waals surface area contributed by atoms with Gasteiger partial charge in [-0.2, -0.15) is 5.10 Å². The highest BCUT2D eigenvalue weighted by Crippen LogP contribution is 2.20. The topological polar surface area (TPSA) is 44.1 Å². The van der Waals surface area contributed by atoms with Crippen molar-refractivity contribution in [1.29, 1.82) is 0 Å². The van der Waals surface area contributed by atoms with Crippen molar-refractivity contribution in [3.8, 4) is 0 Å². The third-order valence-corrected chi connectivity index (χ3v) is 3.57. The van der Waals surface area contributed by atoms with Crippen LogP contribution in [0.5, 0.6) is 0 Å². The molecule has 0 N–H and O–H groups in total. The molecule has 0 aliphatic heterocycles. The maximum absolute atomic E-state index is 12.0. The Bertz CT molecular complexity index is 632. The zero-order chi connectivity index (χ0) is 15.9. The van der Waals surface area contributed by atoms with Gasteiger partial charge in [-0.05, 0) is 25.5 Å².